The molecule has 1 unspecified atom stereocenters. The Bertz CT molecular complexity index is 367. The van der Waals surface area contributed by atoms with Crippen LogP contribution in [0.5, 0.6) is 0 Å². The first kappa shape index (κ1) is 10.2. The van der Waals surface area contributed by atoms with E-state index in [0.29, 0.717) is 5.92 Å². The predicted octanol–water partition coefficient (Wildman–Crippen LogP) is 3.14. The maximum absolute atomic E-state index is 10.7. The number of carbonyl (C=O) groups is 1. The van der Waals surface area contributed by atoms with Gasteiger partial charge in [-0.15, -0.1) is 0 Å². The molecule has 2 nitrogen and oxygen atoms in total. The number of carboxylic acid groups (broad SMARTS) is 1. The molecule has 1 fully saturated rings. The fourth-order valence-electron chi connectivity index (χ4n) is 2.10. The Hall–Kier alpha value is -1.31. The van der Waals surface area contributed by atoms with E-state index in [1.807, 2.05) is 19.1 Å². The molecule has 80 valence electrons. The standard InChI is InChI=1S/C13H16O2/c1-9(8-13(14)15)11-4-2-3-5-12(11)10-6-7-10/h2-5,9-10H,6-8H2,1H3,(H,14,15). The highest BCUT2D eigenvalue weighted by molar-refractivity contribution is 5.68. The molecule has 0 bridgehead atoms. The molecule has 0 radical (unpaired) electrons. The molecule has 0 spiro atoms. The lowest BCUT2D eigenvalue weighted by molar-refractivity contribution is -0.137. The molecular weight excluding hydrogens is 188 g/mol. The molecule has 0 aromatic heterocycles. The van der Waals surface area contributed by atoms with Gasteiger partial charge < -0.3 is 5.11 Å². The third-order valence-corrected chi connectivity index (χ3v) is 3.02. The maximum atomic E-state index is 10.7. The van der Waals surface area contributed by atoms with Gasteiger partial charge in [0.25, 0.3) is 0 Å². The second-order valence-corrected chi connectivity index (χ2v) is 4.40. The van der Waals surface area contributed by atoms with Crippen LogP contribution in [0, 0.1) is 0 Å². The van der Waals surface area contributed by atoms with Crippen molar-refractivity contribution in [1.29, 1.82) is 0 Å². The molecule has 1 aromatic carbocycles. The fraction of sp³-hybridized carbons (Fsp3) is 0.462. The van der Waals surface area contributed by atoms with Crippen molar-refractivity contribution in [2.75, 3.05) is 0 Å². The monoisotopic (exact) mass is 204 g/mol. The van der Waals surface area contributed by atoms with E-state index in [2.05, 4.69) is 12.1 Å². The summed E-state index contributed by atoms with van der Waals surface area (Å²) in [5.74, 6) is 0.102. The molecule has 1 atom stereocenters. The van der Waals surface area contributed by atoms with Crippen molar-refractivity contribution >= 4 is 5.97 Å². The van der Waals surface area contributed by atoms with E-state index in [-0.39, 0.29) is 12.3 Å². The van der Waals surface area contributed by atoms with Crippen molar-refractivity contribution in [2.24, 2.45) is 0 Å². The lowest BCUT2D eigenvalue weighted by atomic mass is 9.91. The zero-order valence-corrected chi connectivity index (χ0v) is 8.94. The van der Waals surface area contributed by atoms with Crippen LogP contribution in [0.25, 0.3) is 0 Å². The van der Waals surface area contributed by atoms with Crippen molar-refractivity contribution in [3.05, 3.63) is 35.4 Å². The molecule has 1 saturated carbocycles. The molecule has 1 N–H and O–H groups in total. The lowest BCUT2D eigenvalue weighted by Gasteiger charge is -2.14. The third kappa shape index (κ3) is 2.38. The molecule has 0 aliphatic heterocycles. The van der Waals surface area contributed by atoms with Gasteiger partial charge in [0.15, 0.2) is 0 Å². The van der Waals surface area contributed by atoms with E-state index >= 15 is 0 Å². The number of carboxylic acids is 1. The summed E-state index contributed by atoms with van der Waals surface area (Å²) in [7, 11) is 0. The van der Waals surface area contributed by atoms with Crippen molar-refractivity contribution in [2.45, 2.75) is 38.0 Å². The van der Waals surface area contributed by atoms with E-state index in [1.54, 1.807) is 0 Å². The van der Waals surface area contributed by atoms with Gasteiger partial charge in [0.1, 0.15) is 0 Å². The zero-order chi connectivity index (χ0) is 10.8. The minimum absolute atomic E-state index is 0.124. The van der Waals surface area contributed by atoms with E-state index in [0.717, 1.165) is 0 Å². The summed E-state index contributed by atoms with van der Waals surface area (Å²) < 4.78 is 0. The summed E-state index contributed by atoms with van der Waals surface area (Å²) in [6.45, 7) is 2.00. The molecule has 1 aliphatic carbocycles. The molecule has 0 heterocycles. The van der Waals surface area contributed by atoms with Crippen LogP contribution >= 0.6 is 0 Å². The predicted molar refractivity (Wildman–Crippen MR) is 59.1 cm³/mol. The van der Waals surface area contributed by atoms with Crippen LogP contribution < -0.4 is 0 Å². The summed E-state index contributed by atoms with van der Waals surface area (Å²) in [5.41, 5.74) is 2.59. The van der Waals surface area contributed by atoms with Gasteiger partial charge in [-0.25, -0.2) is 0 Å². The average molecular weight is 204 g/mol. The topological polar surface area (TPSA) is 37.3 Å². The molecule has 0 amide bonds. The second-order valence-electron chi connectivity index (χ2n) is 4.40. The minimum Gasteiger partial charge on any atom is -0.481 e. The molecule has 0 saturated heterocycles. The van der Waals surface area contributed by atoms with Gasteiger partial charge in [-0.2, -0.15) is 0 Å². The van der Waals surface area contributed by atoms with Gasteiger partial charge in [-0.3, -0.25) is 4.79 Å². The first-order valence-electron chi connectivity index (χ1n) is 5.49. The second kappa shape index (κ2) is 4.05. The molecule has 2 rings (SSSR count). The average Bonchev–Trinajstić information content (AvgIpc) is 3.00. The normalized spacial score (nSPS) is 17.4. The Morgan fingerprint density at radius 3 is 2.73 bits per heavy atom. The van der Waals surface area contributed by atoms with Crippen LogP contribution in [0.2, 0.25) is 0 Å². The van der Waals surface area contributed by atoms with Gasteiger partial charge in [0.2, 0.25) is 0 Å². The van der Waals surface area contributed by atoms with Gasteiger partial charge >= 0.3 is 5.97 Å². The highest BCUT2D eigenvalue weighted by Crippen LogP contribution is 2.43. The van der Waals surface area contributed by atoms with Gasteiger partial charge in [-0.05, 0) is 35.8 Å². The number of hydrogen-bond donors (Lipinski definition) is 1. The van der Waals surface area contributed by atoms with Gasteiger partial charge in [0.05, 0.1) is 6.42 Å². The summed E-state index contributed by atoms with van der Waals surface area (Å²) in [4.78, 5) is 10.7. The van der Waals surface area contributed by atoms with Crippen LogP contribution in [0.1, 0.15) is 49.1 Å². The summed E-state index contributed by atoms with van der Waals surface area (Å²) in [6, 6.07) is 8.26. The Kier molecular flexibility index (Phi) is 2.76. The third-order valence-electron chi connectivity index (χ3n) is 3.02. The molecule has 1 aromatic rings. The molecule has 1 aliphatic rings. The number of hydrogen-bond acceptors (Lipinski definition) is 1. The van der Waals surface area contributed by atoms with Gasteiger partial charge in [-0.1, -0.05) is 31.2 Å². The number of benzene rings is 1. The van der Waals surface area contributed by atoms with Crippen molar-refractivity contribution in [1.82, 2.24) is 0 Å². The van der Waals surface area contributed by atoms with E-state index in [1.165, 1.54) is 24.0 Å². The first-order valence-corrected chi connectivity index (χ1v) is 5.49. The van der Waals surface area contributed by atoms with Crippen LogP contribution in [0.3, 0.4) is 0 Å². The quantitative estimate of drug-likeness (QED) is 0.818. The molecular formula is C13H16O2. The number of aliphatic carboxylic acids is 1. The van der Waals surface area contributed by atoms with Crippen molar-refractivity contribution < 1.29 is 9.90 Å². The van der Waals surface area contributed by atoms with Gasteiger partial charge in [0, 0.05) is 0 Å². The Labute approximate surface area is 89.9 Å². The SMILES string of the molecule is CC(CC(=O)O)c1ccccc1C1CC1. The fourth-order valence-corrected chi connectivity index (χ4v) is 2.10. The smallest absolute Gasteiger partial charge is 0.303 e. The lowest BCUT2D eigenvalue weighted by Crippen LogP contribution is -2.05. The van der Waals surface area contributed by atoms with Crippen molar-refractivity contribution in [3.8, 4) is 0 Å². The molecule has 2 heteroatoms. The summed E-state index contributed by atoms with van der Waals surface area (Å²) >= 11 is 0. The van der Waals surface area contributed by atoms with E-state index < -0.39 is 5.97 Å². The van der Waals surface area contributed by atoms with E-state index in [9.17, 15) is 4.79 Å². The first-order chi connectivity index (χ1) is 7.18. The van der Waals surface area contributed by atoms with Crippen LogP contribution in [0.4, 0.5) is 0 Å². The molecule has 15 heavy (non-hydrogen) atoms. The zero-order valence-electron chi connectivity index (χ0n) is 8.94. The summed E-state index contributed by atoms with van der Waals surface area (Å²) in [5, 5.41) is 8.79. The minimum atomic E-state index is -0.715. The van der Waals surface area contributed by atoms with Crippen LogP contribution in [0.15, 0.2) is 24.3 Å². The number of rotatable bonds is 4. The largest absolute Gasteiger partial charge is 0.481 e. The summed E-state index contributed by atoms with van der Waals surface area (Å²) in [6.07, 6.45) is 2.75. The van der Waals surface area contributed by atoms with Crippen molar-refractivity contribution in [3.63, 3.8) is 0 Å². The van der Waals surface area contributed by atoms with Crippen LogP contribution in [-0.2, 0) is 4.79 Å². The Balaban J connectivity index is 2.21. The maximum Gasteiger partial charge on any atom is 0.303 e. The van der Waals surface area contributed by atoms with Crippen LogP contribution in [-0.4, -0.2) is 11.1 Å². The highest BCUT2D eigenvalue weighted by atomic mass is 16.4. The Morgan fingerprint density at radius 1 is 1.47 bits per heavy atom. The van der Waals surface area contributed by atoms with E-state index in [4.69, 9.17) is 5.11 Å². The Morgan fingerprint density at radius 2 is 2.13 bits per heavy atom. The highest BCUT2D eigenvalue weighted by Gasteiger charge is 2.27.